The van der Waals surface area contributed by atoms with Crippen LogP contribution in [0.25, 0.3) is 27.7 Å². The lowest BCUT2D eigenvalue weighted by atomic mass is 9.94. The van der Waals surface area contributed by atoms with E-state index in [0.29, 0.717) is 51.0 Å². The molecule has 3 aromatic carbocycles. The number of fused-ring (bicyclic) bond motifs is 4. The van der Waals surface area contributed by atoms with Gasteiger partial charge >= 0.3 is 17.2 Å². The summed E-state index contributed by atoms with van der Waals surface area (Å²) in [6.07, 6.45) is 0.964. The summed E-state index contributed by atoms with van der Waals surface area (Å²) in [5.41, 5.74) is 2.56. The van der Waals surface area contributed by atoms with Crippen molar-refractivity contribution in [2.45, 2.75) is 19.1 Å². The van der Waals surface area contributed by atoms with Gasteiger partial charge in [0.25, 0.3) is 6.29 Å². The number of carbonyl (C=O) groups excluding carboxylic acids is 1. The summed E-state index contributed by atoms with van der Waals surface area (Å²) in [5.74, 6) is 0.119. The maximum atomic E-state index is 13.0. The van der Waals surface area contributed by atoms with Gasteiger partial charge in [0.15, 0.2) is 11.3 Å². The smallest absolute Gasteiger partial charge is 0.337 e. The van der Waals surface area contributed by atoms with Crippen LogP contribution in [-0.4, -0.2) is 29.6 Å². The van der Waals surface area contributed by atoms with Gasteiger partial charge in [-0.25, -0.2) is 14.4 Å². The van der Waals surface area contributed by atoms with Gasteiger partial charge in [-0.2, -0.15) is 0 Å². The topological polar surface area (TPSA) is 146 Å². The molecule has 10 heteroatoms. The molecule has 0 spiro atoms. The lowest BCUT2D eigenvalue weighted by molar-refractivity contribution is -0.155. The molecule has 5 aromatic rings. The summed E-state index contributed by atoms with van der Waals surface area (Å²) in [5, 5.41) is 21.3. The number of hydrogen-bond donors (Lipinski definition) is 2. The van der Waals surface area contributed by atoms with Crippen molar-refractivity contribution < 1.29 is 38.1 Å². The van der Waals surface area contributed by atoms with Crippen molar-refractivity contribution in [1.82, 2.24) is 0 Å². The summed E-state index contributed by atoms with van der Waals surface area (Å²) >= 11 is 0. The predicted octanol–water partition coefficient (Wildman–Crippen LogP) is 4.70. The van der Waals surface area contributed by atoms with Crippen LogP contribution in [0.4, 0.5) is 0 Å². The van der Waals surface area contributed by atoms with E-state index in [4.69, 9.17) is 23.0 Å². The summed E-state index contributed by atoms with van der Waals surface area (Å²) in [7, 11) is 1.50. The number of rotatable bonds is 5. The maximum absolute atomic E-state index is 13.0. The first-order chi connectivity index (χ1) is 20.8. The minimum atomic E-state index is -1.04. The highest BCUT2D eigenvalue weighted by molar-refractivity contribution is 5.94. The Balaban J connectivity index is 1.29. The van der Waals surface area contributed by atoms with Crippen LogP contribution >= 0.6 is 0 Å². The third-order valence-corrected chi connectivity index (χ3v) is 7.47. The monoisotopic (exact) mass is 578 g/mol. The summed E-state index contributed by atoms with van der Waals surface area (Å²) in [6, 6.07) is 17.4. The molecule has 0 bridgehead atoms. The van der Waals surface area contributed by atoms with Gasteiger partial charge in [0.05, 0.1) is 18.2 Å². The zero-order valence-corrected chi connectivity index (χ0v) is 22.6. The zero-order valence-electron chi connectivity index (χ0n) is 22.6. The molecule has 2 aliphatic rings. The van der Waals surface area contributed by atoms with Crippen LogP contribution in [0.3, 0.4) is 0 Å². The van der Waals surface area contributed by atoms with Gasteiger partial charge < -0.3 is 33.3 Å². The average molecular weight is 579 g/mol. The highest BCUT2D eigenvalue weighted by Crippen LogP contribution is 2.41. The molecule has 0 amide bonds. The average Bonchev–Trinajstić information content (AvgIpc) is 2.97. The predicted molar refractivity (Wildman–Crippen MR) is 154 cm³/mol. The van der Waals surface area contributed by atoms with Crippen LogP contribution < -0.4 is 16.0 Å². The first-order valence-electron chi connectivity index (χ1n) is 13.3. The Bertz CT molecular complexity index is 2170. The molecule has 2 aromatic heterocycles. The number of esters is 1. The maximum Gasteiger partial charge on any atom is 0.337 e. The fraction of sp³-hybridized carbons (Fsp3) is 0.121. The Morgan fingerprint density at radius 2 is 1.60 bits per heavy atom. The van der Waals surface area contributed by atoms with E-state index >= 15 is 0 Å². The van der Waals surface area contributed by atoms with Crippen LogP contribution in [0.5, 0.6) is 17.2 Å². The van der Waals surface area contributed by atoms with E-state index in [2.05, 4.69) is 0 Å². The lowest BCUT2D eigenvalue weighted by Crippen LogP contribution is -2.34. The Morgan fingerprint density at radius 1 is 0.814 bits per heavy atom. The third-order valence-electron chi connectivity index (χ3n) is 7.47. The van der Waals surface area contributed by atoms with Crippen molar-refractivity contribution in [3.63, 3.8) is 0 Å². The fourth-order valence-corrected chi connectivity index (χ4v) is 5.57. The van der Waals surface area contributed by atoms with Gasteiger partial charge in [-0.05, 0) is 65.6 Å². The Hall–Kier alpha value is -5.77. The number of carbonyl (C=O) groups is 1. The number of aromatic hydroxyl groups is 2. The van der Waals surface area contributed by atoms with Crippen molar-refractivity contribution in [3.05, 3.63) is 127 Å². The van der Waals surface area contributed by atoms with Gasteiger partial charge in [-0.3, -0.25) is 0 Å². The van der Waals surface area contributed by atoms with Gasteiger partial charge in [-0.1, -0.05) is 18.2 Å². The first-order valence-corrected chi connectivity index (χ1v) is 13.3. The number of benzene rings is 3. The van der Waals surface area contributed by atoms with E-state index in [1.165, 1.54) is 43.5 Å². The molecule has 2 aliphatic heterocycles. The number of para-hydroxylation sites is 1. The van der Waals surface area contributed by atoms with E-state index < -0.39 is 23.5 Å². The molecule has 0 radical (unpaired) electrons. The third kappa shape index (κ3) is 4.58. The molecule has 4 heterocycles. The Kier molecular flexibility index (Phi) is 6.05. The first kappa shape index (κ1) is 26.1. The highest BCUT2D eigenvalue weighted by Gasteiger charge is 2.36. The Morgan fingerprint density at radius 3 is 2.42 bits per heavy atom. The van der Waals surface area contributed by atoms with Crippen molar-refractivity contribution in [2.75, 3.05) is 7.11 Å². The minimum Gasteiger partial charge on any atom is -0.508 e. The molecule has 1 unspecified atom stereocenters. The van der Waals surface area contributed by atoms with Crippen LogP contribution in [0, 0.1) is 0 Å². The lowest BCUT2D eigenvalue weighted by Gasteiger charge is -2.32. The summed E-state index contributed by atoms with van der Waals surface area (Å²) in [6.45, 7) is 0. The van der Waals surface area contributed by atoms with Gasteiger partial charge in [0, 0.05) is 34.9 Å². The second-order valence-corrected chi connectivity index (χ2v) is 10.2. The van der Waals surface area contributed by atoms with Crippen molar-refractivity contribution in [2.24, 2.45) is 0 Å². The number of hydrogen-bond acceptors (Lipinski definition) is 10. The fourth-order valence-electron chi connectivity index (χ4n) is 5.57. The molecule has 0 saturated heterocycles. The van der Waals surface area contributed by atoms with Crippen LogP contribution in [0.1, 0.15) is 22.3 Å². The molecule has 0 fully saturated rings. The summed E-state index contributed by atoms with van der Waals surface area (Å²) in [4.78, 5) is 37.4. The molecule has 1 atom stereocenters. The van der Waals surface area contributed by atoms with Crippen LogP contribution in [0.15, 0.2) is 102 Å². The summed E-state index contributed by atoms with van der Waals surface area (Å²) < 4.78 is 27.9. The molecular formula is C33H22O10. The molecule has 0 aliphatic carbocycles. The van der Waals surface area contributed by atoms with Crippen molar-refractivity contribution in [3.8, 4) is 17.2 Å². The standard InChI is InChI=1S/C33H22O10/c1-39-30-23-10-16(9-17-13-29(37)42-31-21(17)3-2-4-25(31)35)5-7-27(23)41-33-24(30)12-19(32(38)43-33)11-18-14-28(36)40-26-8-6-20(34)15-22(18)26/h2-8,10,12-15,33-35H,9,11H2,1H3. The quantitative estimate of drug-likeness (QED) is 0.222. The van der Waals surface area contributed by atoms with Gasteiger partial charge in [0.2, 0.25) is 0 Å². The van der Waals surface area contributed by atoms with Gasteiger partial charge in [-0.15, -0.1) is 0 Å². The van der Waals surface area contributed by atoms with E-state index in [0.717, 1.165) is 5.56 Å². The number of phenolic OH excluding ortho intramolecular Hbond substituents is 2. The van der Waals surface area contributed by atoms with Crippen molar-refractivity contribution in [1.29, 1.82) is 0 Å². The van der Waals surface area contributed by atoms with E-state index in [1.54, 1.807) is 24.3 Å². The molecule has 7 rings (SSSR count). The highest BCUT2D eigenvalue weighted by atomic mass is 16.7. The number of ether oxygens (including phenoxy) is 3. The molecule has 10 nitrogen and oxygen atoms in total. The molecule has 214 valence electrons. The van der Waals surface area contributed by atoms with Crippen LogP contribution in [0.2, 0.25) is 0 Å². The molecule has 43 heavy (non-hydrogen) atoms. The second-order valence-electron chi connectivity index (χ2n) is 10.2. The molecule has 2 N–H and O–H groups in total. The van der Waals surface area contributed by atoms with Crippen LogP contribution in [-0.2, 0) is 27.1 Å². The second kappa shape index (κ2) is 9.95. The largest absolute Gasteiger partial charge is 0.508 e. The Labute approximate surface area is 242 Å². The van der Waals surface area contributed by atoms with E-state index in [9.17, 15) is 24.6 Å². The minimum absolute atomic E-state index is 0.0125. The zero-order chi connectivity index (χ0) is 29.8. The molecule has 0 saturated carbocycles. The SMILES string of the molecule is COC1=C2C=C(Cc3cc(=O)oc4ccc(O)cc34)C(=O)OC2Oc2ccc(Cc3cc(=O)oc4c(O)cccc34)cc21. The van der Waals surface area contributed by atoms with Crippen molar-refractivity contribution >= 4 is 33.7 Å². The van der Waals surface area contributed by atoms with E-state index in [1.807, 2.05) is 12.1 Å². The number of methoxy groups -OCH3 is 1. The normalized spacial score (nSPS) is 15.9. The van der Waals surface area contributed by atoms with E-state index in [-0.39, 0.29) is 34.7 Å². The molecular weight excluding hydrogens is 556 g/mol. The van der Waals surface area contributed by atoms with Gasteiger partial charge in [0.1, 0.15) is 22.8 Å². The number of phenols is 2.